The molecule has 172 valence electrons. The first-order chi connectivity index (χ1) is 14.8. The Hall–Kier alpha value is -0.312. The summed E-state index contributed by atoms with van der Waals surface area (Å²) in [5.41, 5.74) is 7.46. The second kappa shape index (κ2) is 9.38. The summed E-state index contributed by atoms with van der Waals surface area (Å²) in [5, 5.41) is 0. The molecule has 2 aromatic carbocycles. The zero-order chi connectivity index (χ0) is 23.6. The van der Waals surface area contributed by atoms with E-state index >= 15 is 0 Å². The van der Waals surface area contributed by atoms with Gasteiger partial charge in [-0.15, -0.1) is 0 Å². The number of hydrogen-bond acceptors (Lipinski definition) is 1. The number of benzene rings is 2. The molecule has 0 fully saturated rings. The molecule has 9 heteroatoms. The van der Waals surface area contributed by atoms with E-state index in [9.17, 15) is 0 Å². The standard InChI is InChI=1S/C23H21O2.6ClH.Sb/c1-24-20-12-7-13-21(25-2)23(20)22-18-10-5-3-8-16(18)14-15-17-9-4-6-11-19(17)22;;;;;;;/h3-13H,14-15H2,1-2H3;6*1H;/q+1;;;;;;;+5/p-6. The molecule has 2 aromatic rings. The van der Waals surface area contributed by atoms with Crippen LogP contribution in [0.3, 0.4) is 0 Å². The van der Waals surface area contributed by atoms with Crippen LogP contribution in [0.4, 0.5) is 0 Å². The van der Waals surface area contributed by atoms with Gasteiger partial charge in [-0.3, -0.25) is 4.42 Å². The van der Waals surface area contributed by atoms with Crippen LogP contribution in [0, 0.1) is 0 Å². The van der Waals surface area contributed by atoms with Gasteiger partial charge in [0.1, 0.15) is 11.3 Å². The number of halogens is 6. The third-order valence-electron chi connectivity index (χ3n) is 4.91. The van der Waals surface area contributed by atoms with Gasteiger partial charge in [0.25, 0.3) is 7.11 Å². The minimum atomic E-state index is -5.42. The third-order valence-corrected chi connectivity index (χ3v) is 4.91. The van der Waals surface area contributed by atoms with Gasteiger partial charge in [-0.05, 0) is 47.2 Å². The predicted octanol–water partition coefficient (Wildman–Crippen LogP) is 8.18. The Kier molecular flexibility index (Phi) is 7.71. The fraction of sp³-hybridized carbons (Fsp3) is 0.174. The van der Waals surface area contributed by atoms with Crippen molar-refractivity contribution in [2.24, 2.45) is 0 Å². The van der Waals surface area contributed by atoms with E-state index in [0.717, 1.165) is 30.0 Å². The molecule has 0 heterocycles. The van der Waals surface area contributed by atoms with Crippen molar-refractivity contribution in [1.29, 1.82) is 0 Å². The second-order valence-electron chi connectivity index (χ2n) is 7.19. The number of ketones is 1. The average molecular weight is 664 g/mol. The van der Waals surface area contributed by atoms with E-state index in [1.54, 1.807) is 14.2 Å². The van der Waals surface area contributed by atoms with E-state index in [0.29, 0.717) is 0 Å². The monoisotopic (exact) mass is 660 g/mol. The van der Waals surface area contributed by atoms with Crippen molar-refractivity contribution in [3.05, 3.63) is 100 Å². The summed E-state index contributed by atoms with van der Waals surface area (Å²) in [7, 11) is 28.4. The summed E-state index contributed by atoms with van der Waals surface area (Å²) >= 11 is 0. The Morgan fingerprint density at radius 3 is 1.69 bits per heavy atom. The van der Waals surface area contributed by atoms with Crippen molar-refractivity contribution < 1.29 is 9.16 Å². The summed E-state index contributed by atoms with van der Waals surface area (Å²) in [4.78, 5) is 0. The number of rotatable bonds is 1. The Labute approximate surface area is 208 Å². The third kappa shape index (κ3) is 7.60. The van der Waals surface area contributed by atoms with Crippen molar-refractivity contribution in [2.45, 2.75) is 12.8 Å². The maximum atomic E-state index is 5.71. The van der Waals surface area contributed by atoms with Crippen molar-refractivity contribution in [2.75, 3.05) is 14.2 Å². The molecular formula is C23H21Cl6O2Sb. The van der Waals surface area contributed by atoms with E-state index in [-0.39, 0.29) is 0 Å². The van der Waals surface area contributed by atoms with Crippen LogP contribution < -0.4 is 0 Å². The van der Waals surface area contributed by atoms with Gasteiger partial charge in [0.2, 0.25) is 0 Å². The molecule has 0 aromatic heterocycles. The Morgan fingerprint density at radius 1 is 0.781 bits per heavy atom. The molecule has 0 unspecified atom stereocenters. The molecule has 2 aliphatic carbocycles. The SMILES string of the molecule is COC1=CC=CC(=[O+]C)C1=C1c2ccccc2CCc2ccccc21.[Cl][Sb-]([Cl])([Cl])([Cl])([Cl])[Cl]. The molecule has 0 N–H and O–H groups in total. The molecule has 2 nitrogen and oxygen atoms in total. The van der Waals surface area contributed by atoms with Crippen molar-refractivity contribution in [3.8, 4) is 0 Å². The zero-order valence-electron chi connectivity index (χ0n) is 17.3. The van der Waals surface area contributed by atoms with E-state index < -0.39 is 9.14 Å². The van der Waals surface area contributed by atoms with Gasteiger partial charge >= 0.3 is 67.9 Å². The van der Waals surface area contributed by atoms with Crippen LogP contribution >= 0.6 is 53.0 Å². The van der Waals surface area contributed by atoms with Crippen LogP contribution in [-0.4, -0.2) is 29.1 Å². The molecule has 0 saturated heterocycles. The van der Waals surface area contributed by atoms with Gasteiger partial charge in [-0.1, -0.05) is 48.5 Å². The van der Waals surface area contributed by atoms with Gasteiger partial charge in [-0.2, -0.15) is 0 Å². The Bertz CT molecular complexity index is 1100. The van der Waals surface area contributed by atoms with Crippen molar-refractivity contribution in [1.82, 2.24) is 0 Å². The first kappa shape index (κ1) is 26.3. The fourth-order valence-corrected chi connectivity index (χ4v) is 3.75. The summed E-state index contributed by atoms with van der Waals surface area (Å²) in [6, 6.07) is 17.3. The van der Waals surface area contributed by atoms with Gasteiger partial charge in [0, 0.05) is 11.6 Å². The number of fused-ring (bicyclic) bond motifs is 2. The summed E-state index contributed by atoms with van der Waals surface area (Å²) < 4.78 is 11.4. The second-order valence-corrected chi connectivity index (χ2v) is 64.1. The predicted molar refractivity (Wildman–Crippen MR) is 142 cm³/mol. The molecule has 0 radical (unpaired) electrons. The van der Waals surface area contributed by atoms with Crippen LogP contribution in [0.15, 0.2) is 78.1 Å². The first-order valence-electron chi connectivity index (χ1n) is 9.59. The topological polar surface area (TPSA) is 20.5 Å². The van der Waals surface area contributed by atoms with Crippen molar-refractivity contribution >= 4 is 73.5 Å². The number of methoxy groups -OCH3 is 1. The average Bonchev–Trinajstić information content (AvgIpc) is 2.87. The number of allylic oxidation sites excluding steroid dienone is 4. The number of aryl methyl sites for hydroxylation is 2. The van der Waals surface area contributed by atoms with E-state index in [1.165, 1.54) is 27.8 Å². The quantitative estimate of drug-likeness (QED) is 0.171. The fourth-order valence-electron chi connectivity index (χ4n) is 3.75. The summed E-state index contributed by atoms with van der Waals surface area (Å²) in [5.74, 6) is 1.67. The van der Waals surface area contributed by atoms with Gasteiger partial charge in [0.05, 0.1) is 7.11 Å². The van der Waals surface area contributed by atoms with Crippen LogP contribution in [-0.2, 0) is 22.0 Å². The van der Waals surface area contributed by atoms with Gasteiger partial charge in [0.15, 0.2) is 0 Å². The van der Waals surface area contributed by atoms with Crippen LogP contribution in [0.2, 0.25) is 0 Å². The summed E-state index contributed by atoms with van der Waals surface area (Å²) in [6.07, 6.45) is 8.04. The molecule has 0 amide bonds. The Balaban J connectivity index is 0.000000360. The molecule has 4 rings (SSSR count). The Morgan fingerprint density at radius 2 is 1.25 bits per heavy atom. The van der Waals surface area contributed by atoms with Crippen LogP contribution in [0.25, 0.3) is 5.57 Å². The molecular weight excluding hydrogens is 643 g/mol. The molecule has 0 spiro atoms. The molecule has 0 bridgehead atoms. The van der Waals surface area contributed by atoms with E-state index in [4.69, 9.17) is 62.1 Å². The van der Waals surface area contributed by atoms with Crippen LogP contribution in [0.1, 0.15) is 22.3 Å². The normalized spacial score (nSPS) is 18.9. The first-order valence-corrected chi connectivity index (χ1v) is 29.0. The zero-order valence-corrected chi connectivity index (χ0v) is 24.4. The van der Waals surface area contributed by atoms with E-state index in [1.807, 2.05) is 18.2 Å². The molecule has 0 saturated carbocycles. The van der Waals surface area contributed by atoms with Gasteiger partial charge in [-0.25, -0.2) is 0 Å². The molecule has 0 aliphatic heterocycles. The van der Waals surface area contributed by atoms with E-state index in [2.05, 4.69) is 48.5 Å². The number of carbonyl (C=O) groups excluding carboxylic acids is 1. The van der Waals surface area contributed by atoms with Crippen LogP contribution in [0.5, 0.6) is 0 Å². The number of ether oxygens (including phenoxy) is 1. The van der Waals surface area contributed by atoms with Gasteiger partial charge < -0.3 is 4.74 Å². The maximum absolute atomic E-state index is 5.71. The summed E-state index contributed by atoms with van der Waals surface area (Å²) in [6.45, 7) is 0. The molecule has 2 aliphatic rings. The molecule has 32 heavy (non-hydrogen) atoms. The molecule has 0 atom stereocenters. The number of hydrogen-bond donors (Lipinski definition) is 0. The minimum absolute atomic E-state index is 0.834. The van der Waals surface area contributed by atoms with Crippen molar-refractivity contribution in [3.63, 3.8) is 0 Å².